The fourth-order valence-electron chi connectivity index (χ4n) is 3.00. The van der Waals surface area contributed by atoms with E-state index in [9.17, 15) is 4.79 Å². The van der Waals surface area contributed by atoms with Gasteiger partial charge in [-0.15, -0.1) is 15.3 Å². The Kier molecular flexibility index (Phi) is 4.59. The first kappa shape index (κ1) is 18.4. The number of carbonyl (C=O) groups is 1. The highest BCUT2D eigenvalue weighted by atomic mass is 16.5. The van der Waals surface area contributed by atoms with Gasteiger partial charge >= 0.3 is 6.03 Å². The Balaban J connectivity index is 1.66. The molecule has 4 rings (SSSR count). The van der Waals surface area contributed by atoms with Crippen molar-refractivity contribution in [3.63, 3.8) is 0 Å². The van der Waals surface area contributed by atoms with Gasteiger partial charge in [-0.1, -0.05) is 6.07 Å². The number of carbonyl (C=O) groups excluding carboxylic acids is 1. The lowest BCUT2D eigenvalue weighted by Crippen LogP contribution is -2.21. The topological polar surface area (TPSA) is 126 Å². The third-order valence-electron chi connectivity index (χ3n) is 4.45. The highest BCUT2D eigenvalue weighted by Crippen LogP contribution is 2.25. The zero-order valence-electron chi connectivity index (χ0n) is 16.2. The fraction of sp³-hybridized carbons (Fsp3) is 0.211. The van der Waals surface area contributed by atoms with Crippen LogP contribution in [0, 0.1) is 0 Å². The van der Waals surface area contributed by atoms with Gasteiger partial charge in [-0.3, -0.25) is 5.32 Å². The van der Waals surface area contributed by atoms with E-state index in [1.807, 2.05) is 24.5 Å². The number of aromatic nitrogens is 6. The Hall–Kier alpha value is -3.95. The molecule has 0 aliphatic heterocycles. The first-order valence-electron chi connectivity index (χ1n) is 8.98. The van der Waals surface area contributed by atoms with Gasteiger partial charge in [0.15, 0.2) is 11.6 Å². The molecule has 0 radical (unpaired) electrons. The standard InChI is InChI=1S/C19H20N8O2/c1-11(2)26-10-21-24-18(26)14-5-4-6-16(22-14)23-19(28)27-15-9-12(29-3)7-8-13(15)17(20)25-27/h4-11H,1-3H3,(H2,20,25)(H,22,23,28). The smallest absolute Gasteiger partial charge is 0.348 e. The molecule has 0 fully saturated rings. The Morgan fingerprint density at radius 3 is 2.83 bits per heavy atom. The molecule has 0 aliphatic rings. The lowest BCUT2D eigenvalue weighted by atomic mass is 10.2. The molecule has 1 aromatic carbocycles. The number of ether oxygens (including phenoxy) is 1. The summed E-state index contributed by atoms with van der Waals surface area (Å²) in [5.41, 5.74) is 7.08. The largest absolute Gasteiger partial charge is 0.497 e. The summed E-state index contributed by atoms with van der Waals surface area (Å²) >= 11 is 0. The molecule has 0 bridgehead atoms. The maximum atomic E-state index is 12.8. The van der Waals surface area contributed by atoms with Crippen molar-refractivity contribution in [2.24, 2.45) is 0 Å². The molecule has 3 aromatic heterocycles. The summed E-state index contributed by atoms with van der Waals surface area (Å²) < 4.78 is 8.33. The normalized spacial score (nSPS) is 11.2. The second-order valence-corrected chi connectivity index (χ2v) is 6.67. The summed E-state index contributed by atoms with van der Waals surface area (Å²) in [7, 11) is 1.55. The van der Waals surface area contributed by atoms with Crippen LogP contribution in [0.25, 0.3) is 22.4 Å². The van der Waals surface area contributed by atoms with Gasteiger partial charge in [0.1, 0.15) is 23.6 Å². The summed E-state index contributed by atoms with van der Waals surface area (Å²) in [6.45, 7) is 4.06. The van der Waals surface area contributed by atoms with Crippen molar-refractivity contribution in [3.05, 3.63) is 42.7 Å². The van der Waals surface area contributed by atoms with Crippen LogP contribution in [0.5, 0.6) is 5.75 Å². The second-order valence-electron chi connectivity index (χ2n) is 6.67. The van der Waals surface area contributed by atoms with Crippen LogP contribution in [0.4, 0.5) is 16.4 Å². The van der Waals surface area contributed by atoms with E-state index in [0.717, 1.165) is 0 Å². The van der Waals surface area contributed by atoms with E-state index in [4.69, 9.17) is 10.5 Å². The van der Waals surface area contributed by atoms with Gasteiger partial charge in [0, 0.05) is 17.5 Å². The molecule has 10 heteroatoms. The monoisotopic (exact) mass is 392 g/mol. The van der Waals surface area contributed by atoms with Crippen LogP contribution in [0.2, 0.25) is 0 Å². The average molecular weight is 392 g/mol. The number of anilines is 2. The molecular formula is C19H20N8O2. The van der Waals surface area contributed by atoms with Gasteiger partial charge in [-0.2, -0.15) is 4.68 Å². The molecule has 10 nitrogen and oxygen atoms in total. The van der Waals surface area contributed by atoms with Gasteiger partial charge in [0.2, 0.25) is 0 Å². The number of nitrogens with zero attached hydrogens (tertiary/aromatic N) is 6. The van der Waals surface area contributed by atoms with E-state index in [0.29, 0.717) is 34.0 Å². The van der Waals surface area contributed by atoms with Crippen LogP contribution in [-0.2, 0) is 0 Å². The molecule has 3 heterocycles. The zero-order valence-corrected chi connectivity index (χ0v) is 16.2. The van der Waals surface area contributed by atoms with Gasteiger partial charge < -0.3 is 15.0 Å². The van der Waals surface area contributed by atoms with Gasteiger partial charge in [-0.25, -0.2) is 9.78 Å². The number of amides is 1. The van der Waals surface area contributed by atoms with E-state index >= 15 is 0 Å². The summed E-state index contributed by atoms with van der Waals surface area (Å²) in [6, 6.07) is 10.2. The van der Waals surface area contributed by atoms with Crippen LogP contribution < -0.4 is 15.8 Å². The Labute approximate surface area is 166 Å². The predicted octanol–water partition coefficient (Wildman–Crippen LogP) is 2.94. The van der Waals surface area contributed by atoms with E-state index in [1.54, 1.807) is 43.8 Å². The molecule has 0 saturated heterocycles. The van der Waals surface area contributed by atoms with E-state index < -0.39 is 6.03 Å². The molecule has 3 N–H and O–H groups in total. The van der Waals surface area contributed by atoms with E-state index in [-0.39, 0.29) is 11.9 Å². The average Bonchev–Trinajstić information content (AvgIpc) is 3.33. The van der Waals surface area contributed by atoms with Crippen LogP contribution in [0.15, 0.2) is 42.7 Å². The first-order chi connectivity index (χ1) is 14.0. The second kappa shape index (κ2) is 7.23. The zero-order chi connectivity index (χ0) is 20.5. The number of nitrogens with one attached hydrogen (secondary N) is 1. The van der Waals surface area contributed by atoms with Crippen molar-refractivity contribution in [1.82, 2.24) is 29.5 Å². The Morgan fingerprint density at radius 1 is 1.24 bits per heavy atom. The number of methoxy groups -OCH3 is 1. The van der Waals surface area contributed by atoms with E-state index in [1.165, 1.54) is 4.68 Å². The summed E-state index contributed by atoms with van der Waals surface area (Å²) in [5, 5.41) is 15.6. The third kappa shape index (κ3) is 3.35. The van der Waals surface area contributed by atoms with Crippen molar-refractivity contribution in [2.75, 3.05) is 18.2 Å². The fourth-order valence-corrected chi connectivity index (χ4v) is 3.00. The van der Waals surface area contributed by atoms with E-state index in [2.05, 4.69) is 25.6 Å². The Bertz CT molecular complexity index is 1190. The molecule has 0 spiro atoms. The molecule has 4 aromatic rings. The lowest BCUT2D eigenvalue weighted by Gasteiger charge is -2.10. The first-order valence-corrected chi connectivity index (χ1v) is 8.98. The molecular weight excluding hydrogens is 372 g/mol. The van der Waals surface area contributed by atoms with Crippen molar-refractivity contribution in [2.45, 2.75) is 19.9 Å². The van der Waals surface area contributed by atoms with Crippen LogP contribution in [0.1, 0.15) is 19.9 Å². The summed E-state index contributed by atoms with van der Waals surface area (Å²) in [4.78, 5) is 17.3. The molecule has 1 amide bonds. The highest BCUT2D eigenvalue weighted by Gasteiger charge is 2.17. The molecule has 0 saturated carbocycles. The number of benzene rings is 1. The van der Waals surface area contributed by atoms with Gasteiger partial charge in [0.25, 0.3) is 0 Å². The number of fused-ring (bicyclic) bond motifs is 1. The van der Waals surface area contributed by atoms with Crippen molar-refractivity contribution in [1.29, 1.82) is 0 Å². The summed E-state index contributed by atoms with van der Waals surface area (Å²) in [6.07, 6.45) is 1.65. The van der Waals surface area contributed by atoms with Crippen molar-refractivity contribution < 1.29 is 9.53 Å². The minimum absolute atomic E-state index is 0.174. The SMILES string of the molecule is COc1ccc2c(N)nn(C(=O)Nc3cccc(-c4nncn4C(C)C)n3)c2c1. The van der Waals surface area contributed by atoms with Crippen molar-refractivity contribution in [3.8, 4) is 17.3 Å². The molecule has 0 aliphatic carbocycles. The number of hydrogen-bond donors (Lipinski definition) is 2. The maximum Gasteiger partial charge on any atom is 0.348 e. The molecule has 0 atom stereocenters. The maximum absolute atomic E-state index is 12.8. The number of rotatable bonds is 4. The van der Waals surface area contributed by atoms with Crippen LogP contribution >= 0.6 is 0 Å². The van der Waals surface area contributed by atoms with Gasteiger partial charge in [0.05, 0.1) is 12.6 Å². The molecule has 0 unspecified atom stereocenters. The molecule has 29 heavy (non-hydrogen) atoms. The minimum Gasteiger partial charge on any atom is -0.497 e. The third-order valence-corrected chi connectivity index (χ3v) is 4.45. The number of nitrogens with two attached hydrogens (primary N) is 1. The quantitative estimate of drug-likeness (QED) is 0.547. The van der Waals surface area contributed by atoms with Crippen LogP contribution in [-0.4, -0.2) is 42.7 Å². The highest BCUT2D eigenvalue weighted by molar-refractivity contribution is 6.00. The predicted molar refractivity (Wildman–Crippen MR) is 109 cm³/mol. The number of pyridine rings is 1. The number of hydrogen-bond acceptors (Lipinski definition) is 7. The minimum atomic E-state index is -0.491. The van der Waals surface area contributed by atoms with Crippen molar-refractivity contribution >= 4 is 28.6 Å². The number of nitrogen functional groups attached to an aromatic ring is 1. The Morgan fingerprint density at radius 2 is 2.07 bits per heavy atom. The van der Waals surface area contributed by atoms with Crippen LogP contribution in [0.3, 0.4) is 0 Å². The lowest BCUT2D eigenvalue weighted by molar-refractivity contribution is 0.252. The van der Waals surface area contributed by atoms with Gasteiger partial charge in [-0.05, 0) is 38.1 Å². The molecule has 148 valence electrons. The summed E-state index contributed by atoms with van der Waals surface area (Å²) in [5.74, 6) is 1.83.